The number of carbonyl (C=O) groups excluding carboxylic acids is 1. The second-order valence-electron chi connectivity index (χ2n) is 5.13. The lowest BCUT2D eigenvalue weighted by molar-refractivity contribution is 0.150. The van der Waals surface area contributed by atoms with Crippen molar-refractivity contribution >= 4 is 11.8 Å². The van der Waals surface area contributed by atoms with Crippen molar-refractivity contribution in [3.05, 3.63) is 24.4 Å². The Balaban J connectivity index is 1.79. The molecule has 21 heavy (non-hydrogen) atoms. The minimum atomic E-state index is -0.222. The number of nitrogens with one attached hydrogen (secondary N) is 2. The number of allylic oxidation sites excluding steroid dienone is 2. The maximum Gasteiger partial charge on any atom is 0.320 e. The van der Waals surface area contributed by atoms with Crippen LogP contribution in [0.2, 0.25) is 0 Å². The number of carbonyl (C=O) groups is 1. The van der Waals surface area contributed by atoms with Crippen LogP contribution in [0.1, 0.15) is 26.2 Å². The SMILES string of the molecule is CCOCCNC(=O)Nc1ccnn1C[C@H]1CC=CCC1. The predicted octanol–water partition coefficient (Wildman–Crippen LogP) is 2.40. The molecule has 0 saturated heterocycles. The van der Waals surface area contributed by atoms with E-state index in [0.717, 1.165) is 25.2 Å². The lowest BCUT2D eigenvalue weighted by Gasteiger charge is -2.19. The minimum Gasteiger partial charge on any atom is -0.380 e. The van der Waals surface area contributed by atoms with Gasteiger partial charge in [0.05, 0.1) is 12.8 Å². The highest BCUT2D eigenvalue weighted by Gasteiger charge is 2.14. The molecule has 0 saturated carbocycles. The molecule has 116 valence electrons. The van der Waals surface area contributed by atoms with E-state index in [2.05, 4.69) is 27.9 Å². The molecule has 2 N–H and O–H groups in total. The van der Waals surface area contributed by atoms with Crippen molar-refractivity contribution in [3.63, 3.8) is 0 Å². The molecule has 0 spiro atoms. The van der Waals surface area contributed by atoms with Gasteiger partial charge in [0, 0.05) is 25.8 Å². The molecular weight excluding hydrogens is 268 g/mol. The Morgan fingerprint density at radius 3 is 3.19 bits per heavy atom. The van der Waals surface area contributed by atoms with Crippen molar-refractivity contribution in [2.24, 2.45) is 5.92 Å². The normalized spacial score (nSPS) is 17.7. The molecule has 0 bridgehead atoms. The van der Waals surface area contributed by atoms with E-state index < -0.39 is 0 Å². The quantitative estimate of drug-likeness (QED) is 0.599. The average molecular weight is 292 g/mol. The summed E-state index contributed by atoms with van der Waals surface area (Å²) in [7, 11) is 0. The first-order valence-corrected chi connectivity index (χ1v) is 7.59. The third-order valence-electron chi connectivity index (χ3n) is 3.50. The van der Waals surface area contributed by atoms with Gasteiger partial charge in [-0.3, -0.25) is 5.32 Å². The van der Waals surface area contributed by atoms with Crippen molar-refractivity contribution in [3.8, 4) is 0 Å². The number of hydrogen-bond acceptors (Lipinski definition) is 3. The molecule has 1 heterocycles. The van der Waals surface area contributed by atoms with Gasteiger partial charge in [-0.1, -0.05) is 12.2 Å². The van der Waals surface area contributed by atoms with Gasteiger partial charge in [0.1, 0.15) is 5.82 Å². The summed E-state index contributed by atoms with van der Waals surface area (Å²) < 4.78 is 7.04. The largest absolute Gasteiger partial charge is 0.380 e. The van der Waals surface area contributed by atoms with Crippen LogP contribution in [0.4, 0.5) is 10.6 Å². The highest BCUT2D eigenvalue weighted by molar-refractivity contribution is 5.88. The molecule has 2 rings (SSSR count). The van der Waals surface area contributed by atoms with Crippen LogP contribution in [-0.2, 0) is 11.3 Å². The van der Waals surface area contributed by atoms with E-state index in [-0.39, 0.29) is 6.03 Å². The van der Waals surface area contributed by atoms with Crippen LogP contribution in [0.25, 0.3) is 0 Å². The number of rotatable bonds is 7. The molecule has 0 fully saturated rings. The van der Waals surface area contributed by atoms with Gasteiger partial charge in [-0.2, -0.15) is 5.10 Å². The number of ether oxygens (including phenoxy) is 1. The Labute approximate surface area is 125 Å². The number of hydrogen-bond donors (Lipinski definition) is 2. The van der Waals surface area contributed by atoms with Gasteiger partial charge in [-0.15, -0.1) is 0 Å². The number of urea groups is 1. The molecule has 6 heteroatoms. The number of anilines is 1. The fourth-order valence-electron chi connectivity index (χ4n) is 2.39. The molecule has 0 unspecified atom stereocenters. The average Bonchev–Trinajstić information content (AvgIpc) is 2.92. The number of amides is 2. The predicted molar refractivity (Wildman–Crippen MR) is 82.2 cm³/mol. The summed E-state index contributed by atoms with van der Waals surface area (Å²) in [6.07, 6.45) is 9.56. The van der Waals surface area contributed by atoms with Crippen LogP contribution in [0.3, 0.4) is 0 Å². The van der Waals surface area contributed by atoms with Crippen molar-refractivity contribution < 1.29 is 9.53 Å². The molecular formula is C15H24N4O2. The van der Waals surface area contributed by atoms with Gasteiger partial charge >= 0.3 is 6.03 Å². The van der Waals surface area contributed by atoms with E-state index in [1.807, 2.05) is 17.7 Å². The summed E-state index contributed by atoms with van der Waals surface area (Å²) in [5, 5.41) is 9.89. The van der Waals surface area contributed by atoms with E-state index in [9.17, 15) is 4.79 Å². The van der Waals surface area contributed by atoms with E-state index in [1.165, 1.54) is 6.42 Å². The zero-order chi connectivity index (χ0) is 14.9. The molecule has 6 nitrogen and oxygen atoms in total. The molecule has 0 aliphatic heterocycles. The molecule has 1 atom stereocenters. The molecule has 0 radical (unpaired) electrons. The number of aromatic nitrogens is 2. The molecule has 1 aliphatic carbocycles. The Morgan fingerprint density at radius 1 is 1.52 bits per heavy atom. The maximum atomic E-state index is 11.8. The topological polar surface area (TPSA) is 68.2 Å². The zero-order valence-corrected chi connectivity index (χ0v) is 12.5. The first-order chi connectivity index (χ1) is 10.3. The van der Waals surface area contributed by atoms with Gasteiger partial charge in [0.2, 0.25) is 0 Å². The smallest absolute Gasteiger partial charge is 0.320 e. The Morgan fingerprint density at radius 2 is 2.43 bits per heavy atom. The molecule has 1 aromatic heterocycles. The molecule has 2 amide bonds. The summed E-state index contributed by atoms with van der Waals surface area (Å²) in [5.41, 5.74) is 0. The Bertz CT molecular complexity index is 470. The van der Waals surface area contributed by atoms with Crippen LogP contribution < -0.4 is 10.6 Å². The van der Waals surface area contributed by atoms with Crippen LogP contribution >= 0.6 is 0 Å². The number of nitrogens with zero attached hydrogens (tertiary/aromatic N) is 2. The summed E-state index contributed by atoms with van der Waals surface area (Å²) in [6, 6.07) is 1.60. The van der Waals surface area contributed by atoms with E-state index in [1.54, 1.807) is 6.20 Å². The first kappa shape index (κ1) is 15.6. The van der Waals surface area contributed by atoms with Crippen LogP contribution in [0, 0.1) is 5.92 Å². The fraction of sp³-hybridized carbons (Fsp3) is 0.600. The minimum absolute atomic E-state index is 0.222. The van der Waals surface area contributed by atoms with Crippen LogP contribution in [-0.4, -0.2) is 35.6 Å². The monoisotopic (exact) mass is 292 g/mol. The Kier molecular flexibility index (Phi) is 6.27. The first-order valence-electron chi connectivity index (χ1n) is 7.59. The van der Waals surface area contributed by atoms with Crippen LogP contribution in [0.15, 0.2) is 24.4 Å². The molecule has 1 aromatic rings. The van der Waals surface area contributed by atoms with Crippen molar-refractivity contribution in [2.75, 3.05) is 25.1 Å². The standard InChI is InChI=1S/C15H24N4O2/c1-2-21-11-10-16-15(20)18-14-8-9-17-19(14)12-13-6-4-3-5-7-13/h3-4,8-9,13H,2,5-7,10-12H2,1H3,(H2,16,18,20)/t13-/m0/s1. The van der Waals surface area contributed by atoms with Crippen molar-refractivity contribution in [2.45, 2.75) is 32.7 Å². The summed E-state index contributed by atoms with van der Waals surface area (Å²) in [5.74, 6) is 1.33. The lowest BCUT2D eigenvalue weighted by Crippen LogP contribution is -2.32. The van der Waals surface area contributed by atoms with Gasteiger partial charge < -0.3 is 10.1 Å². The fourth-order valence-corrected chi connectivity index (χ4v) is 2.39. The van der Waals surface area contributed by atoms with Gasteiger partial charge in [0.15, 0.2) is 0 Å². The summed E-state index contributed by atoms with van der Waals surface area (Å²) >= 11 is 0. The van der Waals surface area contributed by atoms with Gasteiger partial charge in [0.25, 0.3) is 0 Å². The summed E-state index contributed by atoms with van der Waals surface area (Å²) in [6.45, 7) is 4.45. The van der Waals surface area contributed by atoms with Crippen LogP contribution in [0.5, 0.6) is 0 Å². The highest BCUT2D eigenvalue weighted by atomic mass is 16.5. The highest BCUT2D eigenvalue weighted by Crippen LogP contribution is 2.21. The second kappa shape index (κ2) is 8.46. The third-order valence-corrected chi connectivity index (χ3v) is 3.50. The maximum absolute atomic E-state index is 11.8. The molecule has 1 aliphatic rings. The van der Waals surface area contributed by atoms with Gasteiger partial charge in [-0.05, 0) is 32.1 Å². The lowest BCUT2D eigenvalue weighted by atomic mass is 9.94. The van der Waals surface area contributed by atoms with Crippen molar-refractivity contribution in [1.29, 1.82) is 0 Å². The molecule has 0 aromatic carbocycles. The zero-order valence-electron chi connectivity index (χ0n) is 12.5. The van der Waals surface area contributed by atoms with E-state index in [0.29, 0.717) is 25.7 Å². The van der Waals surface area contributed by atoms with E-state index in [4.69, 9.17) is 4.74 Å². The van der Waals surface area contributed by atoms with Gasteiger partial charge in [-0.25, -0.2) is 9.48 Å². The second-order valence-corrected chi connectivity index (χ2v) is 5.13. The Hall–Kier alpha value is -1.82. The van der Waals surface area contributed by atoms with Crippen molar-refractivity contribution in [1.82, 2.24) is 15.1 Å². The van der Waals surface area contributed by atoms with E-state index >= 15 is 0 Å². The third kappa shape index (κ3) is 5.23. The summed E-state index contributed by atoms with van der Waals surface area (Å²) in [4.78, 5) is 11.8.